The lowest BCUT2D eigenvalue weighted by molar-refractivity contribution is 0.0520. The van der Waals surface area contributed by atoms with Gasteiger partial charge in [0.15, 0.2) is 5.56 Å². The number of aromatic hydroxyl groups is 1. The van der Waals surface area contributed by atoms with Gasteiger partial charge in [-0.2, -0.15) is 0 Å². The zero-order valence-corrected chi connectivity index (χ0v) is 13.5. The lowest BCUT2D eigenvalue weighted by Crippen LogP contribution is -2.25. The third-order valence-corrected chi connectivity index (χ3v) is 3.46. The molecule has 0 saturated carbocycles. The molecule has 0 fully saturated rings. The second kappa shape index (κ2) is 7.12. The molecule has 24 heavy (non-hydrogen) atoms. The number of rotatable bonds is 5. The molecular formula is C18H18FNO4. The monoisotopic (exact) mass is 331 g/mol. The molecule has 0 aliphatic rings. The van der Waals surface area contributed by atoms with Crippen LogP contribution in [0.4, 0.5) is 4.39 Å². The molecule has 0 atom stereocenters. The second-order valence-electron chi connectivity index (χ2n) is 5.17. The molecule has 0 aromatic carbocycles. The van der Waals surface area contributed by atoms with Crippen molar-refractivity contribution in [1.82, 2.24) is 4.40 Å². The van der Waals surface area contributed by atoms with E-state index < -0.39 is 28.7 Å². The van der Waals surface area contributed by atoms with E-state index >= 15 is 0 Å². The van der Waals surface area contributed by atoms with Gasteiger partial charge in [0.25, 0.3) is 5.56 Å². The molecule has 0 spiro atoms. The van der Waals surface area contributed by atoms with E-state index in [0.717, 1.165) is 10.6 Å². The van der Waals surface area contributed by atoms with Gasteiger partial charge in [0.05, 0.1) is 12.1 Å². The zero-order valence-electron chi connectivity index (χ0n) is 13.5. The Labute approximate surface area is 138 Å². The molecule has 1 N–H and O–H groups in total. The van der Waals surface area contributed by atoms with Crippen molar-refractivity contribution in [3.8, 4) is 5.75 Å². The zero-order chi connectivity index (χ0) is 17.9. The fourth-order valence-corrected chi connectivity index (χ4v) is 2.47. The molecule has 6 heteroatoms. The van der Waals surface area contributed by atoms with Crippen LogP contribution in [0.25, 0.3) is 5.52 Å². The maximum absolute atomic E-state index is 13.5. The van der Waals surface area contributed by atoms with Crippen molar-refractivity contribution in [3.63, 3.8) is 0 Å². The summed E-state index contributed by atoms with van der Waals surface area (Å²) in [5.74, 6) is -2.05. The number of allylic oxidation sites excluding steroid dienone is 3. The molecule has 2 heterocycles. The van der Waals surface area contributed by atoms with Crippen molar-refractivity contribution in [2.24, 2.45) is 0 Å². The number of hydrogen-bond donors (Lipinski definition) is 1. The van der Waals surface area contributed by atoms with Crippen LogP contribution in [0, 0.1) is 5.82 Å². The van der Waals surface area contributed by atoms with Gasteiger partial charge < -0.3 is 9.84 Å². The van der Waals surface area contributed by atoms with Crippen molar-refractivity contribution >= 4 is 11.5 Å². The van der Waals surface area contributed by atoms with E-state index in [0.29, 0.717) is 16.7 Å². The summed E-state index contributed by atoms with van der Waals surface area (Å²) in [5, 5.41) is 10.5. The fraction of sp³-hybridized carbons (Fsp3) is 0.222. The molecule has 5 nitrogen and oxygen atoms in total. The predicted molar refractivity (Wildman–Crippen MR) is 88.9 cm³/mol. The Balaban J connectivity index is 2.81. The van der Waals surface area contributed by atoms with Crippen molar-refractivity contribution in [3.05, 3.63) is 69.9 Å². The smallest absolute Gasteiger partial charge is 0.347 e. The molecule has 0 unspecified atom stereocenters. The van der Waals surface area contributed by atoms with Gasteiger partial charge in [0.1, 0.15) is 11.6 Å². The minimum Gasteiger partial charge on any atom is -0.506 e. The predicted octanol–water partition coefficient (Wildman–Crippen LogP) is 3.00. The SMILES string of the molecule is C=C(/C=C\C)Cc1c(O)c(C(=O)OCC)c(=O)n2cc(F)ccc12. The van der Waals surface area contributed by atoms with Crippen molar-refractivity contribution in [1.29, 1.82) is 0 Å². The highest BCUT2D eigenvalue weighted by Crippen LogP contribution is 2.27. The molecule has 126 valence electrons. The molecule has 0 aliphatic heterocycles. The van der Waals surface area contributed by atoms with E-state index in [-0.39, 0.29) is 13.0 Å². The number of fused-ring (bicyclic) bond motifs is 1. The summed E-state index contributed by atoms with van der Waals surface area (Å²) in [6, 6.07) is 2.56. The number of carbonyl (C=O) groups excluding carboxylic acids is 1. The van der Waals surface area contributed by atoms with Gasteiger partial charge in [0.2, 0.25) is 0 Å². The number of carbonyl (C=O) groups is 1. The molecule has 0 radical (unpaired) electrons. The highest BCUT2D eigenvalue weighted by Gasteiger charge is 2.24. The van der Waals surface area contributed by atoms with E-state index in [1.807, 2.05) is 6.92 Å². The Morgan fingerprint density at radius 2 is 2.17 bits per heavy atom. The Hall–Kier alpha value is -2.89. The largest absolute Gasteiger partial charge is 0.506 e. The first-order valence-electron chi connectivity index (χ1n) is 7.44. The van der Waals surface area contributed by atoms with Gasteiger partial charge in [-0.05, 0) is 26.0 Å². The summed E-state index contributed by atoms with van der Waals surface area (Å²) in [4.78, 5) is 24.5. The number of pyridine rings is 2. The summed E-state index contributed by atoms with van der Waals surface area (Å²) in [6.45, 7) is 7.31. The van der Waals surface area contributed by atoms with Crippen LogP contribution >= 0.6 is 0 Å². The van der Waals surface area contributed by atoms with Gasteiger partial charge in [-0.25, -0.2) is 9.18 Å². The standard InChI is InChI=1S/C18H18FNO4/c1-4-6-11(3)9-13-14-8-7-12(19)10-20(14)17(22)15(16(13)21)18(23)24-5-2/h4,6-8,10,21H,3,5,9H2,1-2H3/b6-4-. The average Bonchev–Trinajstić information content (AvgIpc) is 2.52. The van der Waals surface area contributed by atoms with Crippen molar-refractivity contribution < 1.29 is 19.0 Å². The minimum absolute atomic E-state index is 0.0458. The van der Waals surface area contributed by atoms with Crippen molar-refractivity contribution in [2.75, 3.05) is 6.61 Å². The third-order valence-electron chi connectivity index (χ3n) is 3.46. The van der Waals surface area contributed by atoms with Crippen LogP contribution in [0.5, 0.6) is 5.75 Å². The van der Waals surface area contributed by atoms with Crippen molar-refractivity contribution in [2.45, 2.75) is 20.3 Å². The summed E-state index contributed by atoms with van der Waals surface area (Å²) in [6.07, 6.45) is 4.69. The molecule has 0 saturated heterocycles. The molecule has 2 aromatic rings. The van der Waals surface area contributed by atoms with Gasteiger partial charge in [-0.3, -0.25) is 9.20 Å². The van der Waals surface area contributed by atoms with Crippen LogP contribution in [0.1, 0.15) is 29.8 Å². The third kappa shape index (κ3) is 3.22. The minimum atomic E-state index is -0.948. The first-order valence-corrected chi connectivity index (χ1v) is 7.44. The molecule has 2 aromatic heterocycles. The topological polar surface area (TPSA) is 68.0 Å². The maximum atomic E-state index is 13.5. The summed E-state index contributed by atoms with van der Waals surface area (Å²) in [7, 11) is 0. The van der Waals surface area contributed by atoms with E-state index in [4.69, 9.17) is 4.74 Å². The summed E-state index contributed by atoms with van der Waals surface area (Å²) < 4.78 is 19.4. The van der Waals surface area contributed by atoms with Crippen LogP contribution in [0.15, 0.2) is 47.4 Å². The lowest BCUT2D eigenvalue weighted by Gasteiger charge is -2.14. The normalized spacial score (nSPS) is 11.1. The Bertz CT molecular complexity index is 896. The highest BCUT2D eigenvalue weighted by molar-refractivity contribution is 5.93. The lowest BCUT2D eigenvalue weighted by atomic mass is 10.0. The molecule has 0 amide bonds. The number of aromatic nitrogens is 1. The van der Waals surface area contributed by atoms with E-state index in [1.165, 1.54) is 12.1 Å². The Morgan fingerprint density at radius 1 is 1.46 bits per heavy atom. The maximum Gasteiger partial charge on any atom is 0.347 e. The highest BCUT2D eigenvalue weighted by atomic mass is 19.1. The summed E-state index contributed by atoms with van der Waals surface area (Å²) in [5.41, 5.74) is -0.0742. The molecule has 2 rings (SSSR count). The van der Waals surface area contributed by atoms with Crippen LogP contribution < -0.4 is 5.56 Å². The van der Waals surface area contributed by atoms with E-state index in [2.05, 4.69) is 6.58 Å². The van der Waals surface area contributed by atoms with Gasteiger partial charge in [0, 0.05) is 18.2 Å². The average molecular weight is 331 g/mol. The van der Waals surface area contributed by atoms with E-state index in [1.54, 1.807) is 19.1 Å². The molecule has 0 aliphatic carbocycles. The van der Waals surface area contributed by atoms with Gasteiger partial charge >= 0.3 is 5.97 Å². The van der Waals surface area contributed by atoms with Crippen LogP contribution in [0.3, 0.4) is 0 Å². The Morgan fingerprint density at radius 3 is 2.79 bits per heavy atom. The molecular weight excluding hydrogens is 313 g/mol. The van der Waals surface area contributed by atoms with E-state index in [9.17, 15) is 19.1 Å². The van der Waals surface area contributed by atoms with Crippen LogP contribution in [-0.2, 0) is 11.2 Å². The quantitative estimate of drug-likeness (QED) is 0.675. The number of ether oxygens (including phenoxy) is 1. The van der Waals surface area contributed by atoms with Crippen LogP contribution in [-0.4, -0.2) is 22.1 Å². The fourth-order valence-electron chi connectivity index (χ4n) is 2.47. The number of halogens is 1. The Kier molecular flexibility index (Phi) is 5.18. The first kappa shape index (κ1) is 17.5. The van der Waals surface area contributed by atoms with Gasteiger partial charge in [-0.1, -0.05) is 24.3 Å². The number of nitrogens with zero attached hydrogens (tertiary/aromatic N) is 1. The number of hydrogen-bond acceptors (Lipinski definition) is 4. The number of esters is 1. The molecule has 0 bridgehead atoms. The van der Waals surface area contributed by atoms with Gasteiger partial charge in [-0.15, -0.1) is 0 Å². The second-order valence-corrected chi connectivity index (χ2v) is 5.17. The first-order chi connectivity index (χ1) is 11.4. The van der Waals surface area contributed by atoms with Crippen LogP contribution in [0.2, 0.25) is 0 Å². The summed E-state index contributed by atoms with van der Waals surface area (Å²) >= 11 is 0.